The maximum Gasteiger partial charge on any atom is 0.408 e. The number of alkyl carbamates (subject to hydrolysis) is 1. The van der Waals surface area contributed by atoms with Crippen molar-refractivity contribution >= 4 is 18.0 Å². The summed E-state index contributed by atoms with van der Waals surface area (Å²) in [5.41, 5.74) is -0.755. The molecular formula is C14H26N2O6. The van der Waals surface area contributed by atoms with Gasteiger partial charge in [-0.15, -0.1) is 0 Å². The first-order valence-electron chi connectivity index (χ1n) is 7.11. The van der Waals surface area contributed by atoms with E-state index in [1.807, 2.05) is 0 Å². The largest absolute Gasteiger partial charge is 0.480 e. The van der Waals surface area contributed by atoms with Crippen LogP contribution in [0.15, 0.2) is 0 Å². The summed E-state index contributed by atoms with van der Waals surface area (Å²) in [6, 6.07) is -2.35. The fourth-order valence-electron chi connectivity index (χ4n) is 1.76. The van der Waals surface area contributed by atoms with Crippen LogP contribution in [0.4, 0.5) is 4.79 Å². The minimum atomic E-state index is -1.28. The van der Waals surface area contributed by atoms with Gasteiger partial charge in [-0.2, -0.15) is 0 Å². The van der Waals surface area contributed by atoms with E-state index in [2.05, 4.69) is 5.32 Å². The predicted octanol–water partition coefficient (Wildman–Crippen LogP) is 0.582. The molecular weight excluding hydrogens is 292 g/mol. The normalized spacial score (nSPS) is 15.4. The number of hydrogen-bond acceptors (Lipinski definition) is 5. The first-order chi connectivity index (χ1) is 9.90. The molecule has 0 saturated carbocycles. The average molecular weight is 318 g/mol. The zero-order valence-electron chi connectivity index (χ0n) is 13.9. The number of aliphatic hydroxyl groups is 1. The fourth-order valence-corrected chi connectivity index (χ4v) is 1.76. The van der Waals surface area contributed by atoms with Crippen molar-refractivity contribution in [3.63, 3.8) is 0 Å². The maximum absolute atomic E-state index is 12.4. The second-order valence-electron chi connectivity index (χ2n) is 6.00. The highest BCUT2D eigenvalue weighted by atomic mass is 16.6. The van der Waals surface area contributed by atoms with Crippen molar-refractivity contribution in [3.8, 4) is 0 Å². The first kappa shape index (κ1) is 20.2. The van der Waals surface area contributed by atoms with E-state index in [-0.39, 0.29) is 6.54 Å². The number of nitrogens with zero attached hydrogens (tertiary/aromatic N) is 1. The van der Waals surface area contributed by atoms with Crippen LogP contribution in [-0.2, 0) is 14.3 Å². The summed E-state index contributed by atoms with van der Waals surface area (Å²) in [7, 11) is 0. The third-order valence-electron chi connectivity index (χ3n) is 2.87. The van der Waals surface area contributed by atoms with Crippen LogP contribution in [0.2, 0.25) is 0 Å². The van der Waals surface area contributed by atoms with E-state index in [0.717, 1.165) is 4.90 Å². The van der Waals surface area contributed by atoms with Crippen LogP contribution < -0.4 is 5.32 Å². The van der Waals surface area contributed by atoms with Crippen molar-refractivity contribution in [3.05, 3.63) is 0 Å². The van der Waals surface area contributed by atoms with Crippen LogP contribution in [0.3, 0.4) is 0 Å². The number of aliphatic carboxylic acids is 1. The molecule has 0 heterocycles. The lowest BCUT2D eigenvalue weighted by atomic mass is 10.1. The lowest BCUT2D eigenvalue weighted by molar-refractivity contribution is -0.151. The van der Waals surface area contributed by atoms with Gasteiger partial charge in [0.25, 0.3) is 0 Å². The average Bonchev–Trinajstić information content (AvgIpc) is 2.33. The van der Waals surface area contributed by atoms with E-state index in [9.17, 15) is 19.5 Å². The van der Waals surface area contributed by atoms with Crippen molar-refractivity contribution in [1.29, 1.82) is 0 Å². The summed E-state index contributed by atoms with van der Waals surface area (Å²) in [5.74, 6) is -1.85. The van der Waals surface area contributed by atoms with E-state index >= 15 is 0 Å². The van der Waals surface area contributed by atoms with Gasteiger partial charge < -0.3 is 25.2 Å². The third kappa shape index (κ3) is 6.30. The zero-order chi connectivity index (χ0) is 17.7. The number of ether oxygens (including phenoxy) is 1. The van der Waals surface area contributed by atoms with E-state index in [1.165, 1.54) is 13.8 Å². The number of carbonyl (C=O) groups excluding carboxylic acids is 2. The lowest BCUT2D eigenvalue weighted by Crippen LogP contribution is -2.57. The Morgan fingerprint density at radius 3 is 2.05 bits per heavy atom. The number of carboxylic acids is 1. The second-order valence-corrected chi connectivity index (χ2v) is 6.00. The molecule has 0 aromatic heterocycles. The van der Waals surface area contributed by atoms with E-state index in [1.54, 1.807) is 27.7 Å². The summed E-state index contributed by atoms with van der Waals surface area (Å²) < 4.78 is 5.04. The molecule has 8 heteroatoms. The smallest absolute Gasteiger partial charge is 0.408 e. The SMILES string of the molecule is CCN(C(=O)[C@@H](NC(=O)OC(C)(C)C)[C@@H](C)O)[C@H](C)C(=O)O. The molecule has 0 aromatic carbocycles. The van der Waals surface area contributed by atoms with Gasteiger partial charge in [-0.1, -0.05) is 0 Å². The van der Waals surface area contributed by atoms with Crippen molar-refractivity contribution in [1.82, 2.24) is 10.2 Å². The topological polar surface area (TPSA) is 116 Å². The number of likely N-dealkylation sites (N-methyl/N-ethyl adjacent to an activating group) is 1. The van der Waals surface area contributed by atoms with Crippen LogP contribution >= 0.6 is 0 Å². The Labute approximate surface area is 130 Å². The molecule has 0 rings (SSSR count). The number of hydrogen-bond donors (Lipinski definition) is 3. The zero-order valence-corrected chi connectivity index (χ0v) is 13.9. The molecule has 0 unspecified atom stereocenters. The Morgan fingerprint density at radius 1 is 1.23 bits per heavy atom. The second kappa shape index (κ2) is 7.98. The van der Waals surface area contributed by atoms with Crippen LogP contribution in [-0.4, -0.2) is 63.4 Å². The molecule has 0 aliphatic rings. The Kier molecular flexibility index (Phi) is 7.31. The van der Waals surface area contributed by atoms with Crippen LogP contribution in [0, 0.1) is 0 Å². The fraction of sp³-hybridized carbons (Fsp3) is 0.786. The molecule has 0 saturated heterocycles. The Bertz CT molecular complexity index is 416. The van der Waals surface area contributed by atoms with E-state index < -0.39 is 41.8 Å². The summed E-state index contributed by atoms with van der Waals surface area (Å²) in [6.07, 6.45) is -2.05. The molecule has 0 fully saturated rings. The van der Waals surface area contributed by atoms with Gasteiger partial charge >= 0.3 is 12.1 Å². The molecule has 3 atom stereocenters. The molecule has 8 nitrogen and oxygen atoms in total. The molecule has 128 valence electrons. The molecule has 0 aliphatic heterocycles. The van der Waals surface area contributed by atoms with Crippen LogP contribution in [0.5, 0.6) is 0 Å². The number of carboxylic acid groups (broad SMARTS) is 1. The highest BCUT2D eigenvalue weighted by Crippen LogP contribution is 2.10. The van der Waals surface area contributed by atoms with Gasteiger partial charge in [-0.25, -0.2) is 9.59 Å². The molecule has 3 N–H and O–H groups in total. The highest BCUT2D eigenvalue weighted by Gasteiger charge is 2.34. The molecule has 0 aromatic rings. The monoisotopic (exact) mass is 318 g/mol. The number of rotatable bonds is 6. The van der Waals surface area contributed by atoms with Gasteiger partial charge in [0.15, 0.2) is 0 Å². The van der Waals surface area contributed by atoms with Gasteiger partial charge in [0.2, 0.25) is 5.91 Å². The van der Waals surface area contributed by atoms with Gasteiger partial charge in [-0.3, -0.25) is 4.79 Å². The number of amides is 2. The number of carbonyl (C=O) groups is 3. The van der Waals surface area contributed by atoms with Crippen LogP contribution in [0.1, 0.15) is 41.5 Å². The Balaban J connectivity index is 5.12. The summed E-state index contributed by atoms with van der Waals surface area (Å²) in [6.45, 7) is 9.43. The lowest BCUT2D eigenvalue weighted by Gasteiger charge is -2.31. The molecule has 0 radical (unpaired) electrons. The van der Waals surface area contributed by atoms with Gasteiger partial charge in [0.05, 0.1) is 6.10 Å². The van der Waals surface area contributed by atoms with Gasteiger partial charge in [-0.05, 0) is 41.5 Å². The quantitative estimate of drug-likeness (QED) is 0.660. The van der Waals surface area contributed by atoms with Gasteiger partial charge in [0, 0.05) is 6.54 Å². The Hall–Kier alpha value is -1.83. The van der Waals surface area contributed by atoms with Gasteiger partial charge in [0.1, 0.15) is 17.7 Å². The summed E-state index contributed by atoms with van der Waals surface area (Å²) >= 11 is 0. The van der Waals surface area contributed by atoms with E-state index in [0.29, 0.717) is 0 Å². The van der Waals surface area contributed by atoms with Crippen molar-refractivity contribution in [2.45, 2.75) is 65.3 Å². The molecule has 0 spiro atoms. The van der Waals surface area contributed by atoms with Crippen molar-refractivity contribution < 1.29 is 29.3 Å². The van der Waals surface area contributed by atoms with E-state index in [4.69, 9.17) is 9.84 Å². The first-order valence-corrected chi connectivity index (χ1v) is 7.11. The Morgan fingerprint density at radius 2 is 1.73 bits per heavy atom. The number of aliphatic hydroxyl groups excluding tert-OH is 1. The molecule has 2 amide bonds. The molecule has 22 heavy (non-hydrogen) atoms. The minimum Gasteiger partial charge on any atom is -0.480 e. The standard InChI is InChI=1S/C14H26N2O6/c1-7-16(8(2)12(19)20)11(18)10(9(3)17)15-13(21)22-14(4,5)6/h8-10,17H,7H2,1-6H3,(H,15,21)(H,19,20)/t8-,9-,10+/m1/s1. The summed E-state index contributed by atoms with van der Waals surface area (Å²) in [5, 5.41) is 21.0. The minimum absolute atomic E-state index is 0.130. The molecule has 0 aliphatic carbocycles. The third-order valence-corrected chi connectivity index (χ3v) is 2.87. The predicted molar refractivity (Wildman–Crippen MR) is 79.3 cm³/mol. The van der Waals surface area contributed by atoms with Crippen LogP contribution in [0.25, 0.3) is 0 Å². The molecule has 0 bridgehead atoms. The highest BCUT2D eigenvalue weighted by molar-refractivity contribution is 5.89. The number of nitrogens with one attached hydrogen (secondary N) is 1. The summed E-state index contributed by atoms with van der Waals surface area (Å²) in [4.78, 5) is 36.3. The van der Waals surface area contributed by atoms with Crippen molar-refractivity contribution in [2.24, 2.45) is 0 Å². The van der Waals surface area contributed by atoms with Crippen molar-refractivity contribution in [2.75, 3.05) is 6.54 Å². The maximum atomic E-state index is 12.4.